The Kier molecular flexibility index (Phi) is 3.90. The van der Waals surface area contributed by atoms with Gasteiger partial charge in [0.15, 0.2) is 11.5 Å². The lowest BCUT2D eigenvalue weighted by Gasteiger charge is -2.33. The van der Waals surface area contributed by atoms with Crippen molar-refractivity contribution < 1.29 is 24.5 Å². The summed E-state index contributed by atoms with van der Waals surface area (Å²) in [6.07, 6.45) is 3.84. The summed E-state index contributed by atoms with van der Waals surface area (Å²) >= 11 is 0. The Morgan fingerprint density at radius 1 is 1.33 bits per heavy atom. The normalized spacial score (nSPS) is 24.3. The topological polar surface area (TPSA) is 102 Å². The lowest BCUT2D eigenvalue weighted by molar-refractivity contribution is -0.126. The summed E-state index contributed by atoms with van der Waals surface area (Å²) in [5, 5.41) is 20.6. The monoisotopic (exact) mass is 291 g/mol. The molecule has 6 heteroatoms. The van der Waals surface area contributed by atoms with E-state index in [2.05, 4.69) is 0 Å². The number of amides is 1. The van der Waals surface area contributed by atoms with Gasteiger partial charge >= 0.3 is 0 Å². The molecule has 0 fully saturated rings. The van der Waals surface area contributed by atoms with E-state index in [1.807, 2.05) is 0 Å². The number of benzene rings is 1. The first kappa shape index (κ1) is 14.9. The van der Waals surface area contributed by atoms with E-state index in [-0.39, 0.29) is 17.1 Å². The highest BCUT2D eigenvalue weighted by Crippen LogP contribution is 2.44. The van der Waals surface area contributed by atoms with Gasteiger partial charge in [0.05, 0.1) is 20.1 Å². The van der Waals surface area contributed by atoms with Gasteiger partial charge in [0, 0.05) is 5.56 Å². The number of carbonyl (C=O) groups excluding carboxylic acids is 1. The zero-order chi connectivity index (χ0) is 15.6. The first-order valence-electron chi connectivity index (χ1n) is 6.27. The molecule has 1 aliphatic carbocycles. The Labute approximate surface area is 122 Å². The molecule has 6 nitrogen and oxygen atoms in total. The van der Waals surface area contributed by atoms with Gasteiger partial charge in [-0.05, 0) is 18.2 Å². The third kappa shape index (κ3) is 2.45. The van der Waals surface area contributed by atoms with E-state index in [1.54, 1.807) is 18.2 Å². The lowest BCUT2D eigenvalue weighted by atomic mass is 9.77. The Hall–Kier alpha value is -2.47. The SMILES string of the molecule is COc1cccc(C2(O)C=C(O)C=CC2C(N)=O)c1OC. The van der Waals surface area contributed by atoms with E-state index in [0.29, 0.717) is 5.75 Å². The molecule has 2 rings (SSSR count). The molecule has 1 aliphatic rings. The minimum absolute atomic E-state index is 0.167. The summed E-state index contributed by atoms with van der Waals surface area (Å²) in [5.41, 5.74) is 3.82. The highest BCUT2D eigenvalue weighted by atomic mass is 16.5. The third-order valence-corrected chi connectivity index (χ3v) is 3.44. The van der Waals surface area contributed by atoms with E-state index < -0.39 is 17.4 Å². The van der Waals surface area contributed by atoms with Crippen LogP contribution >= 0.6 is 0 Å². The van der Waals surface area contributed by atoms with Gasteiger partial charge in [0.25, 0.3) is 0 Å². The minimum atomic E-state index is -1.81. The molecule has 0 saturated carbocycles. The van der Waals surface area contributed by atoms with Crippen LogP contribution in [0.15, 0.2) is 42.2 Å². The number of primary amides is 1. The molecule has 2 unspecified atom stereocenters. The van der Waals surface area contributed by atoms with Gasteiger partial charge < -0.3 is 25.4 Å². The molecular formula is C15H17NO5. The Morgan fingerprint density at radius 3 is 2.62 bits per heavy atom. The summed E-state index contributed by atoms with van der Waals surface area (Å²) in [6, 6.07) is 4.89. The quantitative estimate of drug-likeness (QED) is 0.768. The summed E-state index contributed by atoms with van der Waals surface area (Å²) in [6.45, 7) is 0. The second-order valence-corrected chi connectivity index (χ2v) is 4.67. The Morgan fingerprint density at radius 2 is 2.05 bits per heavy atom. The van der Waals surface area contributed by atoms with Crippen LogP contribution in [0.5, 0.6) is 11.5 Å². The average molecular weight is 291 g/mol. The van der Waals surface area contributed by atoms with Gasteiger partial charge in [0.1, 0.15) is 11.4 Å². The number of rotatable bonds is 4. The van der Waals surface area contributed by atoms with E-state index in [9.17, 15) is 15.0 Å². The number of carbonyl (C=O) groups is 1. The van der Waals surface area contributed by atoms with Crippen LogP contribution in [0.3, 0.4) is 0 Å². The van der Waals surface area contributed by atoms with Gasteiger partial charge in [-0.3, -0.25) is 4.79 Å². The van der Waals surface area contributed by atoms with Crippen LogP contribution in [0.25, 0.3) is 0 Å². The molecule has 0 heterocycles. The number of nitrogens with two attached hydrogens (primary N) is 1. The molecule has 1 aromatic rings. The Bertz CT molecular complexity index is 622. The summed E-state index contributed by atoms with van der Waals surface area (Å²) < 4.78 is 10.5. The molecule has 0 bridgehead atoms. The van der Waals surface area contributed by atoms with E-state index >= 15 is 0 Å². The van der Waals surface area contributed by atoms with Crippen molar-refractivity contribution in [3.63, 3.8) is 0 Å². The van der Waals surface area contributed by atoms with Crippen LogP contribution in [0, 0.1) is 5.92 Å². The number of allylic oxidation sites excluding steroid dienone is 1. The zero-order valence-corrected chi connectivity index (χ0v) is 11.7. The highest BCUT2D eigenvalue weighted by molar-refractivity contribution is 5.81. The smallest absolute Gasteiger partial charge is 0.227 e. The summed E-state index contributed by atoms with van der Waals surface area (Å²) in [5.74, 6) is -1.25. The fraction of sp³-hybridized carbons (Fsp3) is 0.267. The van der Waals surface area contributed by atoms with Crippen LogP contribution in [0.1, 0.15) is 5.56 Å². The number of aliphatic hydroxyl groups is 2. The van der Waals surface area contributed by atoms with Gasteiger partial charge in [-0.1, -0.05) is 18.2 Å². The maximum Gasteiger partial charge on any atom is 0.227 e. The predicted molar refractivity (Wildman–Crippen MR) is 76.0 cm³/mol. The molecule has 0 aliphatic heterocycles. The molecule has 0 spiro atoms. The van der Waals surface area contributed by atoms with Crippen molar-refractivity contribution in [2.24, 2.45) is 11.7 Å². The molecule has 1 aromatic carbocycles. The highest BCUT2D eigenvalue weighted by Gasteiger charge is 2.43. The first-order chi connectivity index (χ1) is 9.93. The number of aliphatic hydroxyl groups excluding tert-OH is 1. The van der Waals surface area contributed by atoms with Crippen molar-refractivity contribution >= 4 is 5.91 Å². The van der Waals surface area contributed by atoms with Gasteiger partial charge in [-0.15, -0.1) is 0 Å². The van der Waals surface area contributed by atoms with Gasteiger partial charge in [-0.2, -0.15) is 0 Å². The van der Waals surface area contributed by atoms with Gasteiger partial charge in [0.2, 0.25) is 5.91 Å². The molecular weight excluding hydrogens is 274 g/mol. The van der Waals surface area contributed by atoms with Crippen molar-refractivity contribution in [2.45, 2.75) is 5.60 Å². The molecule has 1 amide bonds. The molecule has 0 aromatic heterocycles. The van der Waals surface area contributed by atoms with Crippen molar-refractivity contribution in [2.75, 3.05) is 14.2 Å². The average Bonchev–Trinajstić information content (AvgIpc) is 2.45. The van der Waals surface area contributed by atoms with Crippen LogP contribution in [-0.2, 0) is 10.4 Å². The van der Waals surface area contributed by atoms with Crippen molar-refractivity contribution in [1.29, 1.82) is 0 Å². The standard InChI is InChI=1S/C15H17NO5/c1-20-12-5-3-4-10(13(12)21-2)15(19)8-9(17)6-7-11(15)14(16)18/h3-8,11,17,19H,1-2H3,(H2,16,18). The number of hydrogen-bond acceptors (Lipinski definition) is 5. The fourth-order valence-electron chi connectivity index (χ4n) is 2.46. The fourth-order valence-corrected chi connectivity index (χ4v) is 2.46. The van der Waals surface area contributed by atoms with E-state index in [4.69, 9.17) is 15.2 Å². The molecule has 0 radical (unpaired) electrons. The molecule has 21 heavy (non-hydrogen) atoms. The van der Waals surface area contributed by atoms with Crippen LogP contribution < -0.4 is 15.2 Å². The molecule has 4 N–H and O–H groups in total. The third-order valence-electron chi connectivity index (χ3n) is 3.44. The molecule has 112 valence electrons. The van der Waals surface area contributed by atoms with E-state index in [0.717, 1.165) is 0 Å². The second kappa shape index (κ2) is 5.49. The molecule has 2 atom stereocenters. The predicted octanol–water partition coefficient (Wildman–Crippen LogP) is 1.00. The number of ether oxygens (including phenoxy) is 2. The maximum atomic E-state index is 11.6. The van der Waals surface area contributed by atoms with Crippen molar-refractivity contribution in [1.82, 2.24) is 0 Å². The number of para-hydroxylation sites is 1. The number of hydrogen-bond donors (Lipinski definition) is 3. The zero-order valence-electron chi connectivity index (χ0n) is 11.7. The van der Waals surface area contributed by atoms with Crippen molar-refractivity contribution in [3.8, 4) is 11.5 Å². The number of methoxy groups -OCH3 is 2. The largest absolute Gasteiger partial charge is 0.508 e. The Balaban J connectivity index is 2.67. The van der Waals surface area contributed by atoms with Crippen LogP contribution in [-0.4, -0.2) is 30.3 Å². The maximum absolute atomic E-state index is 11.6. The lowest BCUT2D eigenvalue weighted by Crippen LogP contribution is -2.42. The van der Waals surface area contributed by atoms with Crippen LogP contribution in [0.2, 0.25) is 0 Å². The molecule has 0 saturated heterocycles. The van der Waals surface area contributed by atoms with Crippen LogP contribution in [0.4, 0.5) is 0 Å². The van der Waals surface area contributed by atoms with E-state index in [1.165, 1.54) is 32.4 Å². The second-order valence-electron chi connectivity index (χ2n) is 4.67. The summed E-state index contributed by atoms with van der Waals surface area (Å²) in [7, 11) is 2.89. The summed E-state index contributed by atoms with van der Waals surface area (Å²) in [4.78, 5) is 11.6. The van der Waals surface area contributed by atoms with Gasteiger partial charge in [-0.25, -0.2) is 0 Å². The van der Waals surface area contributed by atoms with Crippen molar-refractivity contribution in [3.05, 3.63) is 47.7 Å². The first-order valence-corrected chi connectivity index (χ1v) is 6.27. The minimum Gasteiger partial charge on any atom is -0.508 e.